The van der Waals surface area contributed by atoms with Crippen LogP contribution in [0, 0.1) is 30.1 Å². The zero-order valence-corrected chi connectivity index (χ0v) is 24.1. The molecule has 6 nitrogen and oxygen atoms in total. The minimum atomic E-state index is -4.60. The molecule has 2 atom stereocenters. The summed E-state index contributed by atoms with van der Waals surface area (Å²) in [6.07, 6.45) is 7.79. The number of fused-ring (bicyclic) bond motifs is 1. The molecular formula is C33H36F3N5O. The zero-order valence-electron chi connectivity index (χ0n) is 24.1. The molecule has 2 fully saturated rings. The van der Waals surface area contributed by atoms with Crippen molar-refractivity contribution in [1.29, 1.82) is 5.26 Å². The van der Waals surface area contributed by atoms with Crippen molar-refractivity contribution in [1.82, 2.24) is 18.4 Å². The number of benzene rings is 1. The Labute approximate surface area is 243 Å². The molecule has 6 rings (SSSR count). The predicted octanol–water partition coefficient (Wildman–Crippen LogP) is 6.91. The van der Waals surface area contributed by atoms with Crippen molar-refractivity contribution < 1.29 is 13.2 Å². The molecule has 0 radical (unpaired) electrons. The van der Waals surface area contributed by atoms with E-state index in [0.29, 0.717) is 29.6 Å². The highest BCUT2D eigenvalue weighted by molar-refractivity contribution is 5.58. The molecule has 4 heterocycles. The van der Waals surface area contributed by atoms with E-state index in [0.717, 1.165) is 66.3 Å². The summed E-state index contributed by atoms with van der Waals surface area (Å²) in [7, 11) is 0. The van der Waals surface area contributed by atoms with Gasteiger partial charge in [-0.05, 0) is 91.4 Å². The predicted molar refractivity (Wildman–Crippen MR) is 156 cm³/mol. The van der Waals surface area contributed by atoms with E-state index in [9.17, 15) is 23.2 Å². The molecule has 0 N–H and O–H groups in total. The lowest BCUT2D eigenvalue weighted by molar-refractivity contribution is -0.136. The Kier molecular flexibility index (Phi) is 7.52. The smallest absolute Gasteiger partial charge is 0.340 e. The van der Waals surface area contributed by atoms with Gasteiger partial charge in [0, 0.05) is 43.8 Å². The number of hydrogen-bond donors (Lipinski definition) is 0. The number of likely N-dealkylation sites (tertiary alicyclic amines) is 1. The SMILES string of the molecule is Cc1cn(CC#N)cc1[C@H](c1cccc(-n2cc3c(C(F)(F)F)cc(CN4CCC[C@H](C)C4)cn3c2=O)c1)C1CCC1. The second-order valence-electron chi connectivity index (χ2n) is 12.3. The number of halogens is 3. The number of alkyl halides is 3. The third-order valence-electron chi connectivity index (χ3n) is 9.11. The van der Waals surface area contributed by atoms with Gasteiger partial charge in [-0.2, -0.15) is 18.4 Å². The first kappa shape index (κ1) is 28.4. The van der Waals surface area contributed by atoms with Crippen LogP contribution in [0.15, 0.2) is 59.9 Å². The summed E-state index contributed by atoms with van der Waals surface area (Å²) >= 11 is 0. The molecule has 0 bridgehead atoms. The van der Waals surface area contributed by atoms with Crippen LogP contribution in [0.4, 0.5) is 13.2 Å². The number of aromatic nitrogens is 3. The molecule has 0 spiro atoms. The fourth-order valence-corrected chi connectivity index (χ4v) is 6.92. The Bertz CT molecular complexity index is 1700. The second-order valence-corrected chi connectivity index (χ2v) is 12.3. The third-order valence-corrected chi connectivity index (χ3v) is 9.11. The molecule has 1 aromatic carbocycles. The van der Waals surface area contributed by atoms with Gasteiger partial charge in [0.05, 0.1) is 22.8 Å². The van der Waals surface area contributed by atoms with Gasteiger partial charge in [0.2, 0.25) is 0 Å². The molecule has 1 aliphatic carbocycles. The average molecular weight is 576 g/mol. The molecule has 2 aliphatic rings. The van der Waals surface area contributed by atoms with E-state index >= 15 is 0 Å². The lowest BCUT2D eigenvalue weighted by Gasteiger charge is -2.34. The van der Waals surface area contributed by atoms with E-state index in [1.165, 1.54) is 16.8 Å². The molecule has 3 aromatic heterocycles. The van der Waals surface area contributed by atoms with Crippen molar-refractivity contribution in [2.24, 2.45) is 11.8 Å². The van der Waals surface area contributed by atoms with Crippen LogP contribution in [0.2, 0.25) is 0 Å². The monoisotopic (exact) mass is 575 g/mol. The lowest BCUT2D eigenvalue weighted by Crippen LogP contribution is -2.34. The largest absolute Gasteiger partial charge is 0.418 e. The van der Waals surface area contributed by atoms with Crippen molar-refractivity contribution in [3.63, 3.8) is 0 Å². The van der Waals surface area contributed by atoms with E-state index in [-0.39, 0.29) is 18.0 Å². The fraction of sp³-hybridized carbons (Fsp3) is 0.455. The highest BCUT2D eigenvalue weighted by Crippen LogP contribution is 2.45. The maximum Gasteiger partial charge on any atom is 0.418 e. The van der Waals surface area contributed by atoms with Gasteiger partial charge in [-0.15, -0.1) is 0 Å². The van der Waals surface area contributed by atoms with Crippen LogP contribution >= 0.6 is 0 Å². The maximum absolute atomic E-state index is 14.3. The molecule has 1 saturated heterocycles. The summed E-state index contributed by atoms with van der Waals surface area (Å²) in [5.74, 6) is 1.01. The number of imidazole rings is 1. The van der Waals surface area contributed by atoms with Gasteiger partial charge in [0.15, 0.2) is 0 Å². The van der Waals surface area contributed by atoms with Crippen molar-refractivity contribution in [2.45, 2.75) is 71.1 Å². The standard InChI is InChI=1S/C33H36F3N5O/c1-22-6-5-12-38(16-22)18-24-14-29(33(34,35)36)30-21-40(32(42)41(30)19-24)27-10-4-9-26(15-27)31(25-7-3-8-25)28-20-39(13-11-37)17-23(28)2/h4,9-10,14-15,17,19-22,25,31H,3,5-8,12-13,16,18H2,1-2H3/t22-,31-/m0/s1. The van der Waals surface area contributed by atoms with Gasteiger partial charge in [-0.1, -0.05) is 25.5 Å². The Morgan fingerprint density at radius 1 is 1.07 bits per heavy atom. The molecule has 0 unspecified atom stereocenters. The number of rotatable bonds is 7. The van der Waals surface area contributed by atoms with Crippen molar-refractivity contribution in [3.05, 3.63) is 93.4 Å². The minimum Gasteiger partial charge on any atom is -0.340 e. The molecule has 1 aliphatic heterocycles. The van der Waals surface area contributed by atoms with E-state index in [2.05, 4.69) is 17.9 Å². The van der Waals surface area contributed by atoms with Crippen LogP contribution in [-0.2, 0) is 19.3 Å². The van der Waals surface area contributed by atoms with Crippen molar-refractivity contribution in [3.8, 4) is 11.8 Å². The van der Waals surface area contributed by atoms with Crippen LogP contribution in [0.25, 0.3) is 11.2 Å². The Morgan fingerprint density at radius 2 is 1.88 bits per heavy atom. The number of aryl methyl sites for hydroxylation is 1. The highest BCUT2D eigenvalue weighted by Gasteiger charge is 2.35. The van der Waals surface area contributed by atoms with E-state index in [1.54, 1.807) is 12.3 Å². The van der Waals surface area contributed by atoms with Crippen molar-refractivity contribution in [2.75, 3.05) is 13.1 Å². The fourth-order valence-electron chi connectivity index (χ4n) is 6.92. The van der Waals surface area contributed by atoms with Gasteiger partial charge in [-0.3, -0.25) is 13.9 Å². The summed E-state index contributed by atoms with van der Waals surface area (Å²) in [6, 6.07) is 11.0. The molecule has 220 valence electrons. The number of piperidine rings is 1. The Morgan fingerprint density at radius 3 is 2.57 bits per heavy atom. The van der Waals surface area contributed by atoms with E-state index < -0.39 is 17.4 Å². The van der Waals surface area contributed by atoms with Gasteiger partial charge in [0.1, 0.15) is 6.54 Å². The molecule has 42 heavy (non-hydrogen) atoms. The van der Waals surface area contributed by atoms with E-state index in [4.69, 9.17) is 0 Å². The Hall–Kier alpha value is -3.77. The second kappa shape index (κ2) is 11.1. The summed E-state index contributed by atoms with van der Waals surface area (Å²) in [5.41, 5.74) is 2.85. The van der Waals surface area contributed by atoms with Crippen molar-refractivity contribution >= 4 is 5.52 Å². The summed E-state index contributed by atoms with van der Waals surface area (Å²) in [5, 5.41) is 9.19. The topological polar surface area (TPSA) is 58.4 Å². The summed E-state index contributed by atoms with van der Waals surface area (Å²) in [4.78, 5) is 15.9. The van der Waals surface area contributed by atoms with Gasteiger partial charge >= 0.3 is 11.9 Å². The molecule has 1 saturated carbocycles. The molecular weight excluding hydrogens is 539 g/mol. The van der Waals surface area contributed by atoms with Crippen LogP contribution in [0.5, 0.6) is 0 Å². The maximum atomic E-state index is 14.3. The Balaban J connectivity index is 1.42. The quantitative estimate of drug-likeness (QED) is 0.241. The number of hydrogen-bond acceptors (Lipinski definition) is 3. The van der Waals surface area contributed by atoms with Crippen LogP contribution in [0.3, 0.4) is 0 Å². The first-order chi connectivity index (χ1) is 20.1. The minimum absolute atomic E-state index is 0.0793. The van der Waals surface area contributed by atoms with Gasteiger partial charge < -0.3 is 4.57 Å². The average Bonchev–Trinajstić information content (AvgIpc) is 3.44. The molecule has 0 amide bonds. The highest BCUT2D eigenvalue weighted by atomic mass is 19.4. The molecule has 4 aromatic rings. The van der Waals surface area contributed by atoms with Crippen LogP contribution in [-0.4, -0.2) is 31.5 Å². The number of nitriles is 1. The summed E-state index contributed by atoms with van der Waals surface area (Å²) < 4.78 is 47.3. The normalized spacial score (nSPS) is 19.1. The lowest BCUT2D eigenvalue weighted by atomic mass is 9.70. The van der Waals surface area contributed by atoms with E-state index in [1.807, 2.05) is 42.1 Å². The first-order valence-corrected chi connectivity index (χ1v) is 14.8. The summed E-state index contributed by atoms with van der Waals surface area (Å²) in [6.45, 7) is 6.53. The number of nitrogens with zero attached hydrogens (tertiary/aromatic N) is 5. The molecule has 9 heteroatoms. The van der Waals surface area contributed by atoms with Crippen LogP contribution in [0.1, 0.15) is 72.8 Å². The first-order valence-electron chi connectivity index (χ1n) is 14.8. The van der Waals surface area contributed by atoms with Crippen LogP contribution < -0.4 is 5.69 Å². The zero-order chi connectivity index (χ0) is 29.6. The van der Waals surface area contributed by atoms with Gasteiger partial charge in [0.25, 0.3) is 0 Å². The van der Waals surface area contributed by atoms with Gasteiger partial charge in [-0.25, -0.2) is 4.79 Å². The third kappa shape index (κ3) is 5.40. The number of pyridine rings is 1.